The van der Waals surface area contributed by atoms with Crippen LogP contribution in [0.5, 0.6) is 0 Å². The summed E-state index contributed by atoms with van der Waals surface area (Å²) in [5.41, 5.74) is 1.25. The molecule has 2 fully saturated rings. The Balaban J connectivity index is 1.87. The summed E-state index contributed by atoms with van der Waals surface area (Å²) >= 11 is 0. The van der Waals surface area contributed by atoms with Gasteiger partial charge in [-0.25, -0.2) is 0 Å². The SMILES string of the molecule is CC[C@H]1[C@H](N2[Si](C)(C)CC[Si]2(C)C)C(=O)N1[C@H](C)c1ccccc1. The number of benzene rings is 1. The first-order chi connectivity index (χ1) is 11.2. The average Bonchev–Trinajstić information content (AvgIpc) is 2.76. The summed E-state index contributed by atoms with van der Waals surface area (Å²) in [5, 5.41) is 0. The smallest absolute Gasteiger partial charge is 0.241 e. The number of nitrogens with zero attached hydrogens (tertiary/aromatic N) is 2. The predicted molar refractivity (Wildman–Crippen MR) is 106 cm³/mol. The molecule has 24 heavy (non-hydrogen) atoms. The maximum Gasteiger partial charge on any atom is 0.241 e. The van der Waals surface area contributed by atoms with Crippen molar-refractivity contribution in [1.82, 2.24) is 9.13 Å². The molecular weight excluding hydrogens is 328 g/mol. The number of carbonyl (C=O) groups excluding carboxylic acids is 1. The van der Waals surface area contributed by atoms with E-state index in [-0.39, 0.29) is 12.1 Å². The molecule has 0 spiro atoms. The minimum Gasteiger partial charge on any atom is -0.333 e. The first-order valence-corrected chi connectivity index (χ1v) is 15.7. The molecule has 0 unspecified atom stereocenters. The van der Waals surface area contributed by atoms with Crippen LogP contribution in [0.25, 0.3) is 0 Å². The number of amides is 1. The Morgan fingerprint density at radius 3 is 2.12 bits per heavy atom. The molecule has 0 radical (unpaired) electrons. The van der Waals surface area contributed by atoms with Crippen LogP contribution in [0.15, 0.2) is 30.3 Å². The van der Waals surface area contributed by atoms with E-state index in [1.54, 1.807) is 0 Å². The molecule has 1 aromatic rings. The molecule has 0 aliphatic carbocycles. The Morgan fingerprint density at radius 2 is 1.62 bits per heavy atom. The van der Waals surface area contributed by atoms with Gasteiger partial charge in [-0.05, 0) is 31.0 Å². The van der Waals surface area contributed by atoms with Crippen LogP contribution in [0, 0.1) is 0 Å². The summed E-state index contributed by atoms with van der Waals surface area (Å²) in [6.07, 6.45) is 1.05. The normalized spacial score (nSPS) is 30.2. The van der Waals surface area contributed by atoms with Crippen molar-refractivity contribution in [2.45, 2.75) is 76.7 Å². The minimum atomic E-state index is -1.43. The fourth-order valence-electron chi connectivity index (χ4n) is 5.05. The van der Waals surface area contributed by atoms with Crippen LogP contribution < -0.4 is 0 Å². The summed E-state index contributed by atoms with van der Waals surface area (Å²) in [4.78, 5) is 15.4. The highest BCUT2D eigenvalue weighted by Crippen LogP contribution is 2.45. The Morgan fingerprint density at radius 1 is 1.08 bits per heavy atom. The van der Waals surface area contributed by atoms with Crippen LogP contribution >= 0.6 is 0 Å². The molecule has 0 N–H and O–H groups in total. The summed E-state index contributed by atoms with van der Waals surface area (Å²) < 4.78 is 2.80. The molecule has 3 atom stereocenters. The highest BCUT2D eigenvalue weighted by Gasteiger charge is 2.60. The van der Waals surface area contributed by atoms with Crippen LogP contribution in [0.3, 0.4) is 0 Å². The molecule has 1 amide bonds. The lowest BCUT2D eigenvalue weighted by Crippen LogP contribution is -2.77. The average molecular weight is 361 g/mol. The molecule has 0 saturated carbocycles. The van der Waals surface area contributed by atoms with E-state index in [9.17, 15) is 4.79 Å². The summed E-state index contributed by atoms with van der Waals surface area (Å²) in [5.74, 6) is 0.376. The van der Waals surface area contributed by atoms with Crippen molar-refractivity contribution in [3.05, 3.63) is 35.9 Å². The van der Waals surface area contributed by atoms with E-state index in [4.69, 9.17) is 0 Å². The van der Waals surface area contributed by atoms with Crippen molar-refractivity contribution in [3.63, 3.8) is 0 Å². The lowest BCUT2D eigenvalue weighted by atomic mass is 9.89. The third-order valence-corrected chi connectivity index (χ3v) is 16.5. The summed E-state index contributed by atoms with van der Waals surface area (Å²) in [6, 6.07) is 13.9. The molecule has 2 aliphatic heterocycles. The van der Waals surface area contributed by atoms with E-state index in [0.29, 0.717) is 11.9 Å². The maximum atomic E-state index is 13.2. The number of hydrogen-bond acceptors (Lipinski definition) is 2. The van der Waals surface area contributed by atoms with Crippen LogP contribution in [-0.4, -0.2) is 43.6 Å². The Kier molecular flexibility index (Phi) is 4.56. The van der Waals surface area contributed by atoms with E-state index >= 15 is 0 Å². The number of carbonyl (C=O) groups is 1. The largest absolute Gasteiger partial charge is 0.333 e. The summed E-state index contributed by atoms with van der Waals surface area (Å²) in [7, 11) is -2.87. The fraction of sp³-hybridized carbons (Fsp3) is 0.632. The van der Waals surface area contributed by atoms with Crippen molar-refractivity contribution >= 4 is 22.4 Å². The molecule has 5 heteroatoms. The third-order valence-electron chi connectivity index (χ3n) is 6.28. The monoisotopic (exact) mass is 360 g/mol. The zero-order valence-corrected chi connectivity index (χ0v) is 18.0. The van der Waals surface area contributed by atoms with Gasteiger partial charge in [0.2, 0.25) is 5.91 Å². The lowest BCUT2D eigenvalue weighted by molar-refractivity contribution is -0.158. The highest BCUT2D eigenvalue weighted by atomic mass is 28.4. The second-order valence-electron chi connectivity index (χ2n) is 8.75. The number of rotatable bonds is 4. The standard InChI is InChI=1S/C19H32N2OSi2/c1-7-17-18(21-23(3,4)13-14-24(21,5)6)19(22)20(17)15(2)16-11-9-8-10-12-16/h8-12,15,17-18H,7,13-14H2,1-6H3/t15-,17+,18+/m1/s1. The molecule has 2 aliphatic rings. The number of hydrogen-bond donors (Lipinski definition) is 0. The summed E-state index contributed by atoms with van der Waals surface area (Å²) in [6.45, 7) is 14.3. The van der Waals surface area contributed by atoms with Gasteiger partial charge in [0.15, 0.2) is 0 Å². The van der Waals surface area contributed by atoms with Gasteiger partial charge in [-0.1, -0.05) is 63.4 Å². The maximum absolute atomic E-state index is 13.2. The lowest BCUT2D eigenvalue weighted by Gasteiger charge is -2.58. The van der Waals surface area contributed by atoms with E-state index < -0.39 is 16.5 Å². The second-order valence-corrected chi connectivity index (χ2v) is 18.4. The van der Waals surface area contributed by atoms with Crippen molar-refractivity contribution < 1.29 is 4.79 Å². The van der Waals surface area contributed by atoms with E-state index in [1.807, 2.05) is 6.07 Å². The van der Waals surface area contributed by atoms with Crippen LogP contribution in [-0.2, 0) is 4.79 Å². The topological polar surface area (TPSA) is 23.6 Å². The quantitative estimate of drug-likeness (QED) is 0.584. The first kappa shape index (κ1) is 17.9. The molecule has 132 valence electrons. The highest BCUT2D eigenvalue weighted by molar-refractivity contribution is 6.95. The van der Waals surface area contributed by atoms with Gasteiger partial charge < -0.3 is 9.13 Å². The van der Waals surface area contributed by atoms with Crippen molar-refractivity contribution in [2.24, 2.45) is 0 Å². The van der Waals surface area contributed by atoms with Gasteiger partial charge in [0, 0.05) is 0 Å². The minimum absolute atomic E-state index is 0.159. The van der Waals surface area contributed by atoms with Crippen molar-refractivity contribution in [1.29, 1.82) is 0 Å². The second kappa shape index (κ2) is 6.11. The van der Waals surface area contributed by atoms with E-state index in [0.717, 1.165) is 6.42 Å². The van der Waals surface area contributed by atoms with Crippen molar-refractivity contribution in [2.75, 3.05) is 0 Å². The molecule has 1 aromatic carbocycles. The van der Waals surface area contributed by atoms with Gasteiger partial charge in [0.1, 0.15) is 16.5 Å². The van der Waals surface area contributed by atoms with Crippen molar-refractivity contribution in [3.8, 4) is 0 Å². The zero-order valence-electron chi connectivity index (χ0n) is 16.0. The zero-order chi connectivity index (χ0) is 17.7. The van der Waals surface area contributed by atoms with Gasteiger partial charge in [-0.2, -0.15) is 0 Å². The molecule has 2 heterocycles. The molecule has 3 nitrogen and oxygen atoms in total. The molecule has 0 bridgehead atoms. The molecular formula is C19H32N2OSi2. The van der Waals surface area contributed by atoms with Gasteiger partial charge in [-0.15, -0.1) is 0 Å². The predicted octanol–water partition coefficient (Wildman–Crippen LogP) is 4.46. The fourth-order valence-corrected chi connectivity index (χ4v) is 19.7. The molecule has 2 saturated heterocycles. The van der Waals surface area contributed by atoms with Gasteiger partial charge in [0.25, 0.3) is 0 Å². The van der Waals surface area contributed by atoms with Gasteiger partial charge in [0.05, 0.1) is 18.1 Å². The molecule has 0 aromatic heterocycles. The number of likely N-dealkylation sites (tertiary alicyclic amines) is 1. The molecule has 3 rings (SSSR count). The Bertz CT molecular complexity index is 601. The van der Waals surface area contributed by atoms with E-state index in [2.05, 4.69) is 73.4 Å². The van der Waals surface area contributed by atoms with Crippen LogP contribution in [0.4, 0.5) is 0 Å². The van der Waals surface area contributed by atoms with Gasteiger partial charge >= 0.3 is 0 Å². The Hall–Kier alpha value is -0.916. The third kappa shape index (κ3) is 2.70. The Labute approximate surface area is 149 Å². The number of β-lactam (4-membered cyclic amide) rings is 1. The van der Waals surface area contributed by atoms with Gasteiger partial charge in [-0.3, -0.25) is 4.79 Å². The van der Waals surface area contributed by atoms with Crippen LogP contribution in [0.2, 0.25) is 38.3 Å². The van der Waals surface area contributed by atoms with E-state index in [1.165, 1.54) is 17.7 Å². The van der Waals surface area contributed by atoms with Crippen LogP contribution in [0.1, 0.15) is 31.9 Å². The first-order valence-electron chi connectivity index (χ1n) is 9.37.